The SMILES string of the molecule is COCC(C)NC(=O)C1CN2N=CN=C(Nc3cc(NC(=O)c4cccc(N5CCOCC5)c4)ccc3C)C2=C1C. The van der Waals surface area contributed by atoms with Gasteiger partial charge in [0.05, 0.1) is 32.3 Å². The highest BCUT2D eigenvalue weighted by Crippen LogP contribution is 2.32. The molecule has 3 N–H and O–H groups in total. The van der Waals surface area contributed by atoms with Crippen LogP contribution < -0.4 is 20.9 Å². The first kappa shape index (κ1) is 28.3. The molecular weight excluding hydrogens is 522 g/mol. The number of aryl methyl sites for hydroxylation is 1. The largest absolute Gasteiger partial charge is 0.383 e. The van der Waals surface area contributed by atoms with Crippen molar-refractivity contribution in [1.82, 2.24) is 10.3 Å². The lowest BCUT2D eigenvalue weighted by atomic mass is 10.0. The summed E-state index contributed by atoms with van der Waals surface area (Å²) in [5, 5.41) is 15.6. The van der Waals surface area contributed by atoms with Crippen LogP contribution in [0.4, 0.5) is 17.1 Å². The first-order valence-corrected chi connectivity index (χ1v) is 13.8. The molecule has 2 amide bonds. The molecule has 3 aliphatic rings. The summed E-state index contributed by atoms with van der Waals surface area (Å²) in [7, 11) is 1.61. The molecule has 0 radical (unpaired) electrons. The molecule has 0 saturated carbocycles. The van der Waals surface area contributed by atoms with E-state index >= 15 is 0 Å². The fourth-order valence-electron chi connectivity index (χ4n) is 5.23. The number of nitrogens with one attached hydrogen (secondary N) is 3. The third-order valence-corrected chi connectivity index (χ3v) is 7.47. The molecule has 0 bridgehead atoms. The Bertz CT molecular complexity index is 1400. The summed E-state index contributed by atoms with van der Waals surface area (Å²) in [4.78, 5) is 32.9. The number of aliphatic imine (C=N–C) groups is 1. The number of ether oxygens (including phenoxy) is 2. The molecule has 1 fully saturated rings. The Morgan fingerprint density at radius 1 is 1.15 bits per heavy atom. The van der Waals surface area contributed by atoms with E-state index in [4.69, 9.17) is 9.47 Å². The highest BCUT2D eigenvalue weighted by molar-refractivity contribution is 6.13. The van der Waals surface area contributed by atoms with Gasteiger partial charge in [0.2, 0.25) is 5.91 Å². The Morgan fingerprint density at radius 2 is 1.95 bits per heavy atom. The molecule has 2 unspecified atom stereocenters. The number of morpholine rings is 1. The summed E-state index contributed by atoms with van der Waals surface area (Å²) in [5.74, 6) is -0.00904. The van der Waals surface area contributed by atoms with Gasteiger partial charge in [-0.3, -0.25) is 14.6 Å². The van der Waals surface area contributed by atoms with E-state index in [1.54, 1.807) is 12.1 Å². The van der Waals surface area contributed by atoms with Crippen LogP contribution in [-0.2, 0) is 14.3 Å². The number of carbonyl (C=O) groups is 2. The zero-order chi connectivity index (χ0) is 28.9. The molecule has 2 aromatic rings. The molecule has 2 aromatic carbocycles. The van der Waals surface area contributed by atoms with E-state index in [9.17, 15) is 9.59 Å². The van der Waals surface area contributed by atoms with Crippen LogP contribution in [-0.4, -0.2) is 81.6 Å². The van der Waals surface area contributed by atoms with E-state index in [2.05, 4.69) is 30.9 Å². The average molecular weight is 560 g/mol. The Morgan fingerprint density at radius 3 is 2.73 bits per heavy atom. The number of benzene rings is 2. The third-order valence-electron chi connectivity index (χ3n) is 7.47. The molecule has 41 heavy (non-hydrogen) atoms. The lowest BCUT2D eigenvalue weighted by Gasteiger charge is -2.29. The highest BCUT2D eigenvalue weighted by atomic mass is 16.5. The van der Waals surface area contributed by atoms with E-state index in [1.165, 1.54) is 6.34 Å². The molecule has 1 saturated heterocycles. The van der Waals surface area contributed by atoms with Gasteiger partial charge in [-0.15, -0.1) is 0 Å². The molecule has 3 aliphatic heterocycles. The van der Waals surface area contributed by atoms with Gasteiger partial charge in [-0.25, -0.2) is 4.99 Å². The molecule has 11 nitrogen and oxygen atoms in total. The number of anilines is 3. The van der Waals surface area contributed by atoms with Crippen LogP contribution in [0.5, 0.6) is 0 Å². The molecular formula is C30H37N7O4. The van der Waals surface area contributed by atoms with Crippen LogP contribution in [0, 0.1) is 12.8 Å². The smallest absolute Gasteiger partial charge is 0.255 e. The number of amidine groups is 1. The van der Waals surface area contributed by atoms with Gasteiger partial charge in [0.1, 0.15) is 12.0 Å². The van der Waals surface area contributed by atoms with Gasteiger partial charge in [-0.1, -0.05) is 12.1 Å². The quantitative estimate of drug-likeness (QED) is 0.454. The van der Waals surface area contributed by atoms with Crippen molar-refractivity contribution in [3.8, 4) is 0 Å². The second kappa shape index (κ2) is 12.5. The normalized spacial score (nSPS) is 19.0. The average Bonchev–Trinajstić information content (AvgIpc) is 3.32. The monoisotopic (exact) mass is 559 g/mol. The molecule has 3 heterocycles. The van der Waals surface area contributed by atoms with Crippen LogP contribution in [0.2, 0.25) is 0 Å². The van der Waals surface area contributed by atoms with E-state index in [0.717, 1.165) is 41.3 Å². The molecule has 0 aromatic heterocycles. The van der Waals surface area contributed by atoms with Crippen molar-refractivity contribution < 1.29 is 19.1 Å². The van der Waals surface area contributed by atoms with E-state index < -0.39 is 0 Å². The third kappa shape index (κ3) is 6.41. The Kier molecular flexibility index (Phi) is 8.65. The number of hydrazone groups is 1. The predicted molar refractivity (Wildman–Crippen MR) is 161 cm³/mol. The summed E-state index contributed by atoms with van der Waals surface area (Å²) < 4.78 is 10.6. The molecule has 11 heteroatoms. The predicted octanol–water partition coefficient (Wildman–Crippen LogP) is 3.21. The van der Waals surface area contributed by atoms with Gasteiger partial charge in [0.25, 0.3) is 5.91 Å². The lowest BCUT2D eigenvalue weighted by molar-refractivity contribution is -0.124. The van der Waals surface area contributed by atoms with Crippen molar-refractivity contribution in [2.75, 3.05) is 62.1 Å². The van der Waals surface area contributed by atoms with Crippen molar-refractivity contribution in [3.05, 3.63) is 64.9 Å². The number of fused-ring (bicyclic) bond motifs is 1. The molecule has 0 aliphatic carbocycles. The van der Waals surface area contributed by atoms with Crippen LogP contribution in [0.3, 0.4) is 0 Å². The van der Waals surface area contributed by atoms with Gasteiger partial charge < -0.3 is 30.3 Å². The van der Waals surface area contributed by atoms with Gasteiger partial charge >= 0.3 is 0 Å². The van der Waals surface area contributed by atoms with Crippen molar-refractivity contribution in [1.29, 1.82) is 0 Å². The van der Waals surface area contributed by atoms with Crippen molar-refractivity contribution in [3.63, 3.8) is 0 Å². The fourth-order valence-corrected chi connectivity index (χ4v) is 5.23. The topological polar surface area (TPSA) is 120 Å². The van der Waals surface area contributed by atoms with E-state index in [0.29, 0.717) is 43.5 Å². The fraction of sp³-hybridized carbons (Fsp3) is 0.400. The minimum atomic E-state index is -0.355. The molecule has 2 atom stereocenters. The van der Waals surface area contributed by atoms with Crippen LogP contribution in [0.15, 0.2) is 63.8 Å². The highest BCUT2D eigenvalue weighted by Gasteiger charge is 2.37. The second-order valence-electron chi connectivity index (χ2n) is 10.5. The van der Waals surface area contributed by atoms with Crippen LogP contribution in [0.1, 0.15) is 29.8 Å². The first-order valence-electron chi connectivity index (χ1n) is 13.8. The zero-order valence-corrected chi connectivity index (χ0v) is 23.9. The van der Waals surface area contributed by atoms with Crippen LogP contribution >= 0.6 is 0 Å². The van der Waals surface area contributed by atoms with Crippen molar-refractivity contribution in [2.45, 2.75) is 26.8 Å². The molecule has 0 spiro atoms. The zero-order valence-electron chi connectivity index (χ0n) is 23.9. The number of methoxy groups -OCH3 is 1. The van der Waals surface area contributed by atoms with Crippen molar-refractivity contribution >= 4 is 41.1 Å². The van der Waals surface area contributed by atoms with Crippen LogP contribution in [0.25, 0.3) is 0 Å². The number of hydrogen-bond acceptors (Lipinski definition) is 9. The summed E-state index contributed by atoms with van der Waals surface area (Å²) in [6, 6.07) is 13.3. The summed E-state index contributed by atoms with van der Waals surface area (Å²) in [6.07, 6.45) is 1.48. The minimum Gasteiger partial charge on any atom is -0.383 e. The van der Waals surface area contributed by atoms with Crippen molar-refractivity contribution in [2.24, 2.45) is 16.0 Å². The maximum atomic E-state index is 13.2. The maximum Gasteiger partial charge on any atom is 0.255 e. The second-order valence-corrected chi connectivity index (χ2v) is 10.5. The molecule has 5 rings (SSSR count). The Balaban J connectivity index is 1.30. The first-order chi connectivity index (χ1) is 19.8. The number of carbonyl (C=O) groups excluding carboxylic acids is 2. The number of amides is 2. The van der Waals surface area contributed by atoms with Gasteiger partial charge in [-0.2, -0.15) is 5.10 Å². The minimum absolute atomic E-state index is 0.0675. The Labute approximate surface area is 240 Å². The van der Waals surface area contributed by atoms with Gasteiger partial charge in [-0.05, 0) is 62.2 Å². The van der Waals surface area contributed by atoms with E-state index in [1.807, 2.05) is 63.2 Å². The van der Waals surface area contributed by atoms with Gasteiger partial charge in [0, 0.05) is 48.9 Å². The summed E-state index contributed by atoms with van der Waals surface area (Å²) in [5.41, 5.74) is 5.69. The Hall–Kier alpha value is -4.22. The molecule has 216 valence electrons. The summed E-state index contributed by atoms with van der Waals surface area (Å²) >= 11 is 0. The summed E-state index contributed by atoms with van der Waals surface area (Å²) in [6.45, 7) is 9.68. The number of rotatable bonds is 8. The standard InChI is InChI=1S/C30H37N7O4/c1-19-8-9-23(34-29(38)22-6-5-7-24(14-22)36-10-12-41-13-11-36)15-26(19)35-28-27-21(3)25(16-37(27)32-18-31-28)30(39)33-20(2)17-40-4/h5-9,14-15,18,20,25H,10-13,16-17H2,1-4H3,(H,33,39)(H,34,38)(H,31,32,35). The number of nitrogens with zero attached hydrogens (tertiary/aromatic N) is 4. The lowest BCUT2D eigenvalue weighted by Crippen LogP contribution is -2.41. The number of hydrogen-bond donors (Lipinski definition) is 3. The van der Waals surface area contributed by atoms with Gasteiger partial charge in [0.15, 0.2) is 5.84 Å². The van der Waals surface area contributed by atoms with E-state index in [-0.39, 0.29) is 23.8 Å². The maximum absolute atomic E-state index is 13.2.